The summed E-state index contributed by atoms with van der Waals surface area (Å²) in [6.07, 6.45) is -4.12. The Kier molecular flexibility index (Phi) is 6.18. The average Bonchev–Trinajstić information content (AvgIpc) is 2.97. The third-order valence-electron chi connectivity index (χ3n) is 5.27. The van der Waals surface area contributed by atoms with E-state index in [-0.39, 0.29) is 4.90 Å². The maximum absolute atomic E-state index is 13.6. The van der Waals surface area contributed by atoms with Crippen molar-refractivity contribution in [2.24, 2.45) is 0 Å². The van der Waals surface area contributed by atoms with Gasteiger partial charge >= 0.3 is 6.18 Å². The summed E-state index contributed by atoms with van der Waals surface area (Å²) in [5, 5.41) is 12.6. The van der Waals surface area contributed by atoms with Gasteiger partial charge in [0.1, 0.15) is 6.04 Å². The summed E-state index contributed by atoms with van der Waals surface area (Å²) in [6, 6.07) is 5.94. The number of hydrogen-bond donors (Lipinski definition) is 3. The maximum Gasteiger partial charge on any atom is 0.406 e. The number of benzene rings is 2. The third-order valence-corrected chi connectivity index (χ3v) is 7.04. The summed E-state index contributed by atoms with van der Waals surface area (Å²) in [5.41, 5.74) is 3.66. The molecule has 0 heterocycles. The highest BCUT2D eigenvalue weighted by atomic mass is 32.2. The van der Waals surface area contributed by atoms with E-state index in [9.17, 15) is 26.7 Å². The van der Waals surface area contributed by atoms with Crippen LogP contribution in [-0.2, 0) is 16.4 Å². The zero-order chi connectivity index (χ0) is 22.3. The second-order valence-electron chi connectivity index (χ2n) is 7.79. The van der Waals surface area contributed by atoms with E-state index in [2.05, 4.69) is 5.32 Å². The van der Waals surface area contributed by atoms with Crippen LogP contribution in [0.15, 0.2) is 35.2 Å². The van der Waals surface area contributed by atoms with Crippen LogP contribution in [0.3, 0.4) is 0 Å². The molecule has 30 heavy (non-hydrogen) atoms. The Morgan fingerprint density at radius 1 is 1.13 bits per heavy atom. The van der Waals surface area contributed by atoms with Crippen LogP contribution in [0.25, 0.3) is 0 Å². The predicted octanol–water partition coefficient (Wildman–Crippen LogP) is 3.91. The van der Waals surface area contributed by atoms with Gasteiger partial charge < -0.3 is 10.4 Å². The minimum Gasteiger partial charge on any atom is -0.388 e. The highest BCUT2D eigenvalue weighted by Gasteiger charge is 2.42. The molecule has 0 saturated heterocycles. The Hall–Kier alpha value is -2.10. The van der Waals surface area contributed by atoms with Crippen molar-refractivity contribution in [3.05, 3.63) is 58.1 Å². The topological polar surface area (TPSA) is 78.4 Å². The lowest BCUT2D eigenvalue weighted by molar-refractivity contribution is -0.148. The van der Waals surface area contributed by atoms with Crippen LogP contribution in [0.1, 0.15) is 40.3 Å². The lowest BCUT2D eigenvalue weighted by Gasteiger charge is -2.24. The Morgan fingerprint density at radius 2 is 1.77 bits per heavy atom. The first-order valence-corrected chi connectivity index (χ1v) is 11.1. The molecule has 3 N–H and O–H groups in total. The van der Waals surface area contributed by atoms with Gasteiger partial charge in [0, 0.05) is 12.2 Å². The number of fused-ring (bicyclic) bond motifs is 1. The molecule has 2 atom stereocenters. The molecule has 0 fully saturated rings. The molecule has 2 unspecified atom stereocenters. The number of nitrogens with one attached hydrogen (secondary N) is 2. The van der Waals surface area contributed by atoms with E-state index in [0.29, 0.717) is 28.8 Å². The molecule has 0 bridgehead atoms. The monoisotopic (exact) mass is 442 g/mol. The van der Waals surface area contributed by atoms with Crippen LogP contribution in [0.5, 0.6) is 0 Å². The Bertz CT molecular complexity index is 1030. The number of anilines is 1. The normalized spacial score (nSPS) is 17.6. The smallest absolute Gasteiger partial charge is 0.388 e. The van der Waals surface area contributed by atoms with Crippen molar-refractivity contribution in [1.29, 1.82) is 0 Å². The summed E-state index contributed by atoms with van der Waals surface area (Å²) in [6.45, 7) is 4.23. The molecule has 0 radical (unpaired) electrons. The quantitative estimate of drug-likeness (QED) is 0.634. The SMILES string of the molecule is Cc1cc(C)c(S(=O)(=O)NC(CNc2ccc3c(c2)C(O)CC3)C(F)(F)F)c(C)c1. The number of aliphatic hydroxyl groups excluding tert-OH is 1. The van der Waals surface area contributed by atoms with Crippen molar-refractivity contribution in [1.82, 2.24) is 4.72 Å². The molecule has 2 aromatic rings. The number of alkyl halides is 3. The fraction of sp³-hybridized carbons (Fsp3) is 0.429. The Morgan fingerprint density at radius 3 is 2.37 bits per heavy atom. The third kappa shape index (κ3) is 4.79. The van der Waals surface area contributed by atoms with Gasteiger partial charge in [-0.2, -0.15) is 17.9 Å². The van der Waals surface area contributed by atoms with E-state index in [4.69, 9.17) is 0 Å². The van der Waals surface area contributed by atoms with E-state index in [1.165, 1.54) is 0 Å². The van der Waals surface area contributed by atoms with E-state index in [1.54, 1.807) is 51.1 Å². The van der Waals surface area contributed by atoms with E-state index < -0.39 is 34.9 Å². The lowest BCUT2D eigenvalue weighted by atomic mass is 10.1. The van der Waals surface area contributed by atoms with Crippen LogP contribution in [0, 0.1) is 20.8 Å². The fourth-order valence-electron chi connectivity index (χ4n) is 3.97. The largest absolute Gasteiger partial charge is 0.406 e. The second kappa shape index (κ2) is 8.20. The van der Waals surface area contributed by atoms with Crippen LogP contribution < -0.4 is 10.0 Å². The Balaban J connectivity index is 1.81. The summed E-state index contributed by atoms with van der Waals surface area (Å²) >= 11 is 0. The molecular formula is C21H25F3N2O3S. The summed E-state index contributed by atoms with van der Waals surface area (Å²) in [7, 11) is -4.39. The highest BCUT2D eigenvalue weighted by molar-refractivity contribution is 7.89. The van der Waals surface area contributed by atoms with Crippen molar-refractivity contribution in [3.8, 4) is 0 Å². The lowest BCUT2D eigenvalue weighted by Crippen LogP contribution is -2.49. The minimum atomic E-state index is -4.79. The first kappa shape index (κ1) is 22.6. The van der Waals surface area contributed by atoms with Gasteiger partial charge in [-0.1, -0.05) is 23.8 Å². The predicted molar refractivity (Wildman–Crippen MR) is 109 cm³/mol. The molecule has 164 valence electrons. The zero-order valence-electron chi connectivity index (χ0n) is 17.0. The van der Waals surface area contributed by atoms with Gasteiger partial charge in [0.25, 0.3) is 0 Å². The molecule has 0 spiro atoms. The fourth-order valence-corrected chi connectivity index (χ4v) is 5.65. The van der Waals surface area contributed by atoms with Crippen LogP contribution in [-0.4, -0.2) is 32.3 Å². The molecule has 0 aliphatic heterocycles. The first-order valence-electron chi connectivity index (χ1n) is 9.60. The van der Waals surface area contributed by atoms with Gasteiger partial charge in [-0.3, -0.25) is 0 Å². The number of rotatable bonds is 6. The summed E-state index contributed by atoms with van der Waals surface area (Å²) in [5.74, 6) is 0. The van der Waals surface area contributed by atoms with Gasteiger partial charge in [-0.05, 0) is 68.0 Å². The number of aryl methyl sites for hydroxylation is 4. The molecule has 5 nitrogen and oxygen atoms in total. The number of hydrogen-bond acceptors (Lipinski definition) is 4. The van der Waals surface area contributed by atoms with Crippen molar-refractivity contribution < 1.29 is 26.7 Å². The van der Waals surface area contributed by atoms with Crippen LogP contribution in [0.2, 0.25) is 0 Å². The van der Waals surface area contributed by atoms with E-state index >= 15 is 0 Å². The number of aliphatic hydroxyl groups is 1. The number of sulfonamides is 1. The van der Waals surface area contributed by atoms with Crippen LogP contribution in [0.4, 0.5) is 18.9 Å². The molecule has 1 aliphatic carbocycles. The van der Waals surface area contributed by atoms with Gasteiger partial charge in [0.05, 0.1) is 11.0 Å². The second-order valence-corrected chi connectivity index (χ2v) is 9.44. The molecule has 9 heteroatoms. The standard InChI is InChI=1S/C21H25F3N2O3S/c1-12-8-13(2)20(14(3)9-12)30(28,29)26-19(21(22,23)24)11-25-16-6-4-15-5-7-18(27)17(15)10-16/h4,6,8-10,18-19,25-27H,5,7,11H2,1-3H3. The van der Waals surface area contributed by atoms with Crippen molar-refractivity contribution in [3.63, 3.8) is 0 Å². The molecule has 0 saturated carbocycles. The van der Waals surface area contributed by atoms with Gasteiger partial charge in [-0.25, -0.2) is 8.42 Å². The van der Waals surface area contributed by atoms with Gasteiger partial charge in [0.15, 0.2) is 0 Å². The summed E-state index contributed by atoms with van der Waals surface area (Å²) < 4.78 is 68.2. The van der Waals surface area contributed by atoms with Gasteiger partial charge in [-0.15, -0.1) is 0 Å². The average molecular weight is 443 g/mol. The highest BCUT2D eigenvalue weighted by Crippen LogP contribution is 2.33. The molecule has 1 aliphatic rings. The van der Waals surface area contributed by atoms with E-state index in [0.717, 1.165) is 17.5 Å². The molecule has 0 amide bonds. The van der Waals surface area contributed by atoms with E-state index in [1.807, 2.05) is 4.72 Å². The summed E-state index contributed by atoms with van der Waals surface area (Å²) in [4.78, 5) is -0.136. The molecule has 2 aromatic carbocycles. The molecular weight excluding hydrogens is 417 g/mol. The minimum absolute atomic E-state index is 0.136. The maximum atomic E-state index is 13.6. The van der Waals surface area contributed by atoms with Crippen molar-refractivity contribution in [2.75, 3.05) is 11.9 Å². The first-order chi connectivity index (χ1) is 13.9. The van der Waals surface area contributed by atoms with Gasteiger partial charge in [0.2, 0.25) is 10.0 Å². The Labute approximate surface area is 174 Å². The molecule has 0 aromatic heterocycles. The van der Waals surface area contributed by atoms with Crippen molar-refractivity contribution in [2.45, 2.75) is 56.8 Å². The number of halogens is 3. The van der Waals surface area contributed by atoms with Crippen LogP contribution >= 0.6 is 0 Å². The van der Waals surface area contributed by atoms with Crippen molar-refractivity contribution >= 4 is 15.7 Å². The zero-order valence-corrected chi connectivity index (χ0v) is 17.8. The molecule has 3 rings (SSSR count).